The van der Waals surface area contributed by atoms with Gasteiger partial charge in [-0.3, -0.25) is 24.8 Å². The summed E-state index contributed by atoms with van der Waals surface area (Å²) in [6, 6.07) is 8.83. The summed E-state index contributed by atoms with van der Waals surface area (Å²) >= 11 is 6.65. The van der Waals surface area contributed by atoms with E-state index < -0.39 is 0 Å². The van der Waals surface area contributed by atoms with Crippen LogP contribution in [0.25, 0.3) is 11.0 Å². The molecular formula is C28H33ClN6O3. The Hall–Kier alpha value is -3.27. The fourth-order valence-electron chi connectivity index (χ4n) is 5.33. The van der Waals surface area contributed by atoms with Gasteiger partial charge in [0.25, 0.3) is 5.91 Å². The molecule has 0 radical (unpaired) electrons. The summed E-state index contributed by atoms with van der Waals surface area (Å²) in [5.74, 6) is 0.0969. The van der Waals surface area contributed by atoms with Gasteiger partial charge in [-0.2, -0.15) is 0 Å². The first-order valence-electron chi connectivity index (χ1n) is 13.2. The number of halogens is 1. The predicted octanol–water partition coefficient (Wildman–Crippen LogP) is 3.82. The summed E-state index contributed by atoms with van der Waals surface area (Å²) in [6.45, 7) is 5.12. The van der Waals surface area contributed by atoms with Crippen molar-refractivity contribution in [1.82, 2.24) is 24.3 Å². The number of likely N-dealkylation sites (tertiary alicyclic amines) is 2. The van der Waals surface area contributed by atoms with Crippen molar-refractivity contribution in [3.63, 3.8) is 0 Å². The van der Waals surface area contributed by atoms with E-state index in [1.165, 1.54) is 0 Å². The number of imidazole rings is 1. The number of nitrogens with one attached hydrogen (secondary N) is 1. The minimum absolute atomic E-state index is 0.0370. The lowest BCUT2D eigenvalue weighted by Crippen LogP contribution is -2.35. The van der Waals surface area contributed by atoms with Gasteiger partial charge in [-0.1, -0.05) is 23.7 Å². The SMILES string of the molecule is Cc1cc(C(=O)Nc2nc3cccc(Cl)c3n2[C@@H]2CCCCN(C(=O)/C=C/CN3CC[C@@H](O)C3)C2)ccn1. The van der Waals surface area contributed by atoms with Crippen LogP contribution in [0.15, 0.2) is 48.7 Å². The first kappa shape index (κ1) is 26.3. The van der Waals surface area contributed by atoms with Gasteiger partial charge in [-0.15, -0.1) is 0 Å². The molecule has 2 saturated heterocycles. The van der Waals surface area contributed by atoms with Crippen molar-refractivity contribution in [1.29, 1.82) is 0 Å². The topological polar surface area (TPSA) is 104 Å². The van der Waals surface area contributed by atoms with Gasteiger partial charge >= 0.3 is 0 Å². The number of aliphatic hydroxyl groups excluding tert-OH is 1. The minimum atomic E-state index is -0.278. The van der Waals surface area contributed by atoms with E-state index in [2.05, 4.69) is 15.2 Å². The first-order chi connectivity index (χ1) is 18.4. The molecule has 1 aromatic carbocycles. The molecule has 2 fully saturated rings. The summed E-state index contributed by atoms with van der Waals surface area (Å²) in [6.07, 6.45) is 8.28. The molecule has 10 heteroatoms. The standard InChI is InChI=1S/C28H33ClN6O3/c1-19-16-20(10-12-30-19)27(38)32-28-31-24-8-4-7-23(29)26(24)35(28)21-6-2-3-14-34(17-21)25(37)9-5-13-33-15-11-22(36)18-33/h4-5,7-10,12,16,21-22,36H,2-3,6,11,13-15,17-18H2,1H3,(H,31,32,38)/b9-5+/t21-,22-/m1/s1. The highest BCUT2D eigenvalue weighted by molar-refractivity contribution is 6.35. The quantitative estimate of drug-likeness (QED) is 0.464. The maximum Gasteiger partial charge on any atom is 0.258 e. The third kappa shape index (κ3) is 5.90. The molecule has 0 spiro atoms. The lowest BCUT2D eigenvalue weighted by Gasteiger charge is -2.26. The molecule has 0 aliphatic carbocycles. The average molecular weight is 537 g/mol. The second kappa shape index (κ2) is 11.6. The number of aliphatic hydroxyl groups is 1. The Labute approximate surface area is 227 Å². The van der Waals surface area contributed by atoms with Crippen LogP contribution in [0.4, 0.5) is 5.95 Å². The van der Waals surface area contributed by atoms with Crippen LogP contribution in [-0.4, -0.2) is 80.1 Å². The first-order valence-corrected chi connectivity index (χ1v) is 13.5. The summed E-state index contributed by atoms with van der Waals surface area (Å²) in [7, 11) is 0. The van der Waals surface area contributed by atoms with Gasteiger partial charge in [0.1, 0.15) is 0 Å². The van der Waals surface area contributed by atoms with E-state index in [4.69, 9.17) is 16.6 Å². The molecule has 0 unspecified atom stereocenters. The molecule has 2 aromatic heterocycles. The van der Waals surface area contributed by atoms with Gasteiger partial charge in [0.05, 0.1) is 28.2 Å². The number of amides is 2. The van der Waals surface area contributed by atoms with Crippen molar-refractivity contribution in [2.24, 2.45) is 0 Å². The molecule has 3 aromatic rings. The highest BCUT2D eigenvalue weighted by Gasteiger charge is 2.27. The number of carbonyl (C=O) groups is 2. The van der Waals surface area contributed by atoms with Gasteiger partial charge < -0.3 is 14.6 Å². The number of anilines is 1. The molecule has 2 aliphatic heterocycles. The van der Waals surface area contributed by atoms with E-state index >= 15 is 0 Å². The highest BCUT2D eigenvalue weighted by atomic mass is 35.5. The van der Waals surface area contributed by atoms with Gasteiger partial charge in [-0.25, -0.2) is 4.98 Å². The molecule has 2 atom stereocenters. The van der Waals surface area contributed by atoms with E-state index in [0.717, 1.165) is 43.4 Å². The number of fused-ring (bicyclic) bond motifs is 1. The molecule has 4 heterocycles. The van der Waals surface area contributed by atoms with Crippen molar-refractivity contribution in [3.8, 4) is 0 Å². The number of aryl methyl sites for hydroxylation is 1. The van der Waals surface area contributed by atoms with Gasteiger partial charge in [-0.05, 0) is 56.9 Å². The Bertz CT molecular complexity index is 1360. The molecule has 2 aliphatic rings. The zero-order valence-electron chi connectivity index (χ0n) is 21.5. The summed E-state index contributed by atoms with van der Waals surface area (Å²) in [5.41, 5.74) is 2.68. The summed E-state index contributed by atoms with van der Waals surface area (Å²) in [5, 5.41) is 13.3. The largest absolute Gasteiger partial charge is 0.392 e. The Morgan fingerprint density at radius 1 is 1.18 bits per heavy atom. The maximum absolute atomic E-state index is 13.2. The second-order valence-corrected chi connectivity index (χ2v) is 10.5. The number of carbonyl (C=O) groups excluding carboxylic acids is 2. The molecule has 2 N–H and O–H groups in total. The molecule has 9 nitrogen and oxygen atoms in total. The van der Waals surface area contributed by atoms with Crippen molar-refractivity contribution in [2.45, 2.75) is 44.8 Å². The lowest BCUT2D eigenvalue weighted by atomic mass is 10.1. The smallest absolute Gasteiger partial charge is 0.258 e. The molecule has 0 saturated carbocycles. The summed E-state index contributed by atoms with van der Waals surface area (Å²) < 4.78 is 1.99. The number of nitrogens with zero attached hydrogens (tertiary/aromatic N) is 5. The van der Waals surface area contributed by atoms with Gasteiger partial charge in [0.15, 0.2) is 0 Å². The van der Waals surface area contributed by atoms with Crippen molar-refractivity contribution >= 4 is 40.4 Å². The third-order valence-electron chi connectivity index (χ3n) is 7.24. The van der Waals surface area contributed by atoms with Crippen LogP contribution in [0.2, 0.25) is 5.02 Å². The number of β-amino-alcohol motifs (C(OH)–C–C–N with tert-alkyl or cyclic N) is 1. The third-order valence-corrected chi connectivity index (χ3v) is 7.54. The minimum Gasteiger partial charge on any atom is -0.392 e. The van der Waals surface area contributed by atoms with E-state index in [1.54, 1.807) is 24.4 Å². The number of rotatable bonds is 6. The molecule has 5 rings (SSSR count). The van der Waals surface area contributed by atoms with E-state index in [9.17, 15) is 14.7 Å². The predicted molar refractivity (Wildman–Crippen MR) is 147 cm³/mol. The number of aromatic nitrogens is 3. The molecule has 200 valence electrons. The zero-order valence-corrected chi connectivity index (χ0v) is 22.3. The number of para-hydroxylation sites is 1. The average Bonchev–Trinajstić information content (AvgIpc) is 3.38. The fourth-order valence-corrected chi connectivity index (χ4v) is 5.59. The number of pyridine rings is 1. The van der Waals surface area contributed by atoms with Crippen molar-refractivity contribution < 1.29 is 14.7 Å². The Morgan fingerprint density at radius 2 is 2.05 bits per heavy atom. The summed E-state index contributed by atoms with van der Waals surface area (Å²) in [4.78, 5) is 39.2. The van der Waals surface area contributed by atoms with Crippen molar-refractivity contribution in [2.75, 3.05) is 38.0 Å². The lowest BCUT2D eigenvalue weighted by molar-refractivity contribution is -0.126. The number of hydrogen-bond acceptors (Lipinski definition) is 6. The Balaban J connectivity index is 1.39. The van der Waals surface area contributed by atoms with E-state index in [0.29, 0.717) is 48.2 Å². The normalized spacial score (nSPS) is 20.8. The monoisotopic (exact) mass is 536 g/mol. The second-order valence-electron chi connectivity index (χ2n) is 10.1. The van der Waals surface area contributed by atoms with Crippen LogP contribution in [0.3, 0.4) is 0 Å². The molecular weight excluding hydrogens is 504 g/mol. The van der Waals surface area contributed by atoms with Gasteiger partial charge in [0.2, 0.25) is 11.9 Å². The van der Waals surface area contributed by atoms with Crippen LogP contribution in [-0.2, 0) is 4.79 Å². The van der Waals surface area contributed by atoms with Crippen LogP contribution >= 0.6 is 11.6 Å². The van der Waals surface area contributed by atoms with Crippen LogP contribution in [0, 0.1) is 6.92 Å². The molecule has 38 heavy (non-hydrogen) atoms. The van der Waals surface area contributed by atoms with Crippen LogP contribution in [0.5, 0.6) is 0 Å². The van der Waals surface area contributed by atoms with E-state index in [-0.39, 0.29) is 24.0 Å². The number of benzene rings is 1. The van der Waals surface area contributed by atoms with Crippen LogP contribution in [0.1, 0.15) is 47.8 Å². The molecule has 2 amide bonds. The van der Waals surface area contributed by atoms with E-state index in [1.807, 2.05) is 40.7 Å². The Kier molecular flexibility index (Phi) is 8.06. The molecule has 0 bridgehead atoms. The fraction of sp³-hybridized carbons (Fsp3) is 0.429. The van der Waals surface area contributed by atoms with Gasteiger partial charge in [0, 0.05) is 56.3 Å². The highest BCUT2D eigenvalue weighted by Crippen LogP contribution is 2.34. The van der Waals surface area contributed by atoms with Crippen molar-refractivity contribution in [3.05, 3.63) is 65.0 Å². The van der Waals surface area contributed by atoms with Crippen LogP contribution < -0.4 is 5.32 Å². The zero-order chi connectivity index (χ0) is 26.6. The Morgan fingerprint density at radius 3 is 2.84 bits per heavy atom. The maximum atomic E-state index is 13.2. The number of hydrogen-bond donors (Lipinski definition) is 2.